The lowest BCUT2D eigenvalue weighted by Gasteiger charge is -2.59. The Labute approximate surface area is 306 Å². The van der Waals surface area contributed by atoms with Gasteiger partial charge < -0.3 is 19.4 Å². The van der Waals surface area contributed by atoms with Gasteiger partial charge >= 0.3 is 24.0 Å². The maximum atomic E-state index is 13.1. The van der Waals surface area contributed by atoms with Gasteiger partial charge in [-0.2, -0.15) is 22.0 Å². The number of aliphatic hydroxyl groups is 1. The molecule has 0 bridgehead atoms. The number of esters is 2. The van der Waals surface area contributed by atoms with Gasteiger partial charge in [-0.05, 0) is 80.0 Å². The molecule has 0 spiro atoms. The summed E-state index contributed by atoms with van der Waals surface area (Å²) in [5, 5.41) is 23.7. The second-order valence-electron chi connectivity index (χ2n) is 15.3. The van der Waals surface area contributed by atoms with E-state index in [0.717, 1.165) is 25.7 Å². The van der Waals surface area contributed by atoms with Crippen molar-refractivity contribution in [2.45, 2.75) is 141 Å². The minimum atomic E-state index is -5.71. The van der Waals surface area contributed by atoms with Crippen molar-refractivity contribution in [2.24, 2.45) is 23.2 Å². The number of hydrogen-bond acceptors (Lipinski definition) is 10. The first kappa shape index (κ1) is 42.7. The second-order valence-corrected chi connectivity index (χ2v) is 17.6. The van der Waals surface area contributed by atoms with Crippen LogP contribution in [0.3, 0.4) is 0 Å². The number of halogens is 5. The number of rotatable bonds is 18. The van der Waals surface area contributed by atoms with Gasteiger partial charge in [0.25, 0.3) is 5.09 Å². The maximum Gasteiger partial charge on any atom is 0.453 e. The number of carbonyl (C=O) groups is 2. The molecule has 0 radical (unpaired) electrons. The summed E-state index contributed by atoms with van der Waals surface area (Å²) >= 11 is 0. The fourth-order valence-electron chi connectivity index (χ4n) is 9.25. The maximum absolute atomic E-state index is 13.1. The number of fused-ring (bicyclic) bond motifs is 5. The predicted octanol–water partition coefficient (Wildman–Crippen LogP) is 7.43. The minimum Gasteiger partial charge on any atom is -0.462 e. The highest BCUT2D eigenvalue weighted by Crippen LogP contribution is 2.65. The van der Waals surface area contributed by atoms with Gasteiger partial charge in [-0.3, -0.25) is 9.59 Å². The topological polar surface area (TPSA) is 159 Å². The van der Waals surface area contributed by atoms with E-state index in [-0.39, 0.29) is 36.2 Å². The Morgan fingerprint density at radius 2 is 1.57 bits per heavy atom. The molecular formula is C36H50F5NO10S. The van der Waals surface area contributed by atoms with Gasteiger partial charge in [0.1, 0.15) is 33.4 Å². The van der Waals surface area contributed by atoms with Gasteiger partial charge in [0, 0.05) is 31.6 Å². The summed E-state index contributed by atoms with van der Waals surface area (Å²) in [6, 6.07) is 4.88. The second kappa shape index (κ2) is 16.7. The van der Waals surface area contributed by atoms with Crippen molar-refractivity contribution in [2.75, 3.05) is 11.5 Å². The van der Waals surface area contributed by atoms with E-state index in [1.54, 1.807) is 18.2 Å². The molecule has 0 heterocycles. The molecule has 7 atom stereocenters. The molecular weight excluding hydrogens is 733 g/mol. The monoisotopic (exact) mass is 783 g/mol. The Hall–Kier alpha value is -3.08. The quantitative estimate of drug-likeness (QED) is 0.0396. The number of nitrogens with zero attached hydrogens (tertiary/aromatic N) is 1. The van der Waals surface area contributed by atoms with Crippen LogP contribution in [0.5, 0.6) is 5.75 Å². The summed E-state index contributed by atoms with van der Waals surface area (Å²) < 4.78 is 98.5. The Morgan fingerprint density at radius 3 is 2.17 bits per heavy atom. The summed E-state index contributed by atoms with van der Waals surface area (Å²) in [5.74, 6) is -7.39. The number of carbonyl (C=O) groups excluding carboxylic acids is 2. The number of hydrogen-bond donors (Lipinski definition) is 1. The van der Waals surface area contributed by atoms with Gasteiger partial charge in [0.05, 0.1) is 11.5 Å². The molecule has 4 rings (SSSR count). The molecule has 11 nitrogen and oxygen atoms in total. The van der Waals surface area contributed by atoms with E-state index < -0.39 is 86.7 Å². The first-order chi connectivity index (χ1) is 24.6. The molecule has 3 aliphatic carbocycles. The Morgan fingerprint density at radius 1 is 0.943 bits per heavy atom. The molecule has 300 valence electrons. The van der Waals surface area contributed by atoms with Crippen LogP contribution in [0.1, 0.15) is 115 Å². The zero-order chi connectivity index (χ0) is 39.4. The zero-order valence-electron chi connectivity index (χ0n) is 30.3. The molecule has 3 aliphatic rings. The van der Waals surface area contributed by atoms with Crippen molar-refractivity contribution in [1.29, 1.82) is 0 Å². The third-order valence-electron chi connectivity index (χ3n) is 11.6. The van der Waals surface area contributed by atoms with Crippen molar-refractivity contribution in [3.8, 4) is 5.75 Å². The van der Waals surface area contributed by atoms with E-state index in [1.807, 2.05) is 6.92 Å². The fraction of sp³-hybridized carbons (Fsp3) is 0.778. The molecule has 2 fully saturated rings. The molecule has 17 heteroatoms. The normalized spacial score (nSPS) is 28.4. The summed E-state index contributed by atoms with van der Waals surface area (Å²) in [4.78, 5) is 40.9. The van der Waals surface area contributed by atoms with Crippen LogP contribution in [0, 0.1) is 33.3 Å². The van der Waals surface area contributed by atoms with Crippen LogP contribution in [0.2, 0.25) is 0 Å². The van der Waals surface area contributed by atoms with Crippen molar-refractivity contribution < 1.29 is 64.5 Å². The molecule has 0 aliphatic heterocycles. The molecule has 2 saturated carbocycles. The van der Waals surface area contributed by atoms with Crippen molar-refractivity contribution in [3.05, 3.63) is 39.4 Å². The van der Waals surface area contributed by atoms with E-state index in [4.69, 9.17) is 14.3 Å². The van der Waals surface area contributed by atoms with E-state index in [0.29, 0.717) is 49.7 Å². The molecule has 1 aromatic carbocycles. The minimum absolute atomic E-state index is 0.0801. The van der Waals surface area contributed by atoms with Gasteiger partial charge in [0.15, 0.2) is 0 Å². The molecule has 1 N–H and O–H groups in total. The first-order valence-corrected chi connectivity index (χ1v) is 20.1. The Balaban J connectivity index is 1.39. The van der Waals surface area contributed by atoms with Crippen LogP contribution in [0.15, 0.2) is 18.2 Å². The summed E-state index contributed by atoms with van der Waals surface area (Å²) in [5.41, 5.74) is -1.26. The fourth-order valence-corrected chi connectivity index (χ4v) is 10.7. The third kappa shape index (κ3) is 9.97. The summed E-state index contributed by atoms with van der Waals surface area (Å²) in [6.45, 7) is 4.54. The number of sulfone groups is 1. The number of alkyl halides is 5. The lowest BCUT2D eigenvalue weighted by atomic mass is 9.49. The number of ether oxygens (including phenoxy) is 2. The van der Waals surface area contributed by atoms with E-state index in [2.05, 4.69) is 0 Å². The van der Waals surface area contributed by atoms with E-state index >= 15 is 0 Å². The molecule has 1 aromatic rings. The standard InChI is InChI=1S/C36H50F5NO10S/c1-23(43)50-27-13-14-28-26(21-27)20-25(12-9-7-5-4-6-8-10-18-53(48,49)19-11-17-34(37,38)36(39,40)41)32-29-15-16-30(51-24(2)44)33(29,3)22-31(35(28,32)45)52-42(46)47/h13-14,21,25,29-32,45H,4-12,15-20,22H2,1-3H3/t25-,29+,30+,31+,32+,33+,35?/m1/s1. The highest BCUT2D eigenvalue weighted by molar-refractivity contribution is 7.91. The van der Waals surface area contributed by atoms with E-state index in [1.165, 1.54) is 13.8 Å². The summed E-state index contributed by atoms with van der Waals surface area (Å²) in [6.07, 6.45) is -2.69. The molecule has 0 aromatic heterocycles. The third-order valence-corrected chi connectivity index (χ3v) is 13.4. The SMILES string of the molecule is CC(=O)Oc1ccc2c(c1)C[C@@H](CCCCCCCCCS(=O)(=O)CCCC(F)(F)C(F)(F)F)[C@H]1[C@@H]3CC[C@H](OC(C)=O)[C@@]3(C)C[C@H](O[N+](=O)[O-])C21O. The van der Waals surface area contributed by atoms with Crippen LogP contribution < -0.4 is 4.74 Å². The van der Waals surface area contributed by atoms with Gasteiger partial charge in [0.2, 0.25) is 0 Å². The van der Waals surface area contributed by atoms with Gasteiger partial charge in [-0.25, -0.2) is 8.42 Å². The lowest BCUT2D eigenvalue weighted by Crippen LogP contribution is -2.63. The van der Waals surface area contributed by atoms with Crippen LogP contribution in [-0.4, -0.2) is 66.4 Å². The van der Waals surface area contributed by atoms with Crippen molar-refractivity contribution in [1.82, 2.24) is 0 Å². The van der Waals surface area contributed by atoms with E-state index in [9.17, 15) is 55.2 Å². The smallest absolute Gasteiger partial charge is 0.453 e. The van der Waals surface area contributed by atoms with Crippen LogP contribution >= 0.6 is 0 Å². The van der Waals surface area contributed by atoms with Crippen molar-refractivity contribution >= 4 is 21.8 Å². The molecule has 53 heavy (non-hydrogen) atoms. The van der Waals surface area contributed by atoms with Crippen LogP contribution in [0.25, 0.3) is 0 Å². The molecule has 1 unspecified atom stereocenters. The average Bonchev–Trinajstić information content (AvgIpc) is 3.32. The molecule has 0 amide bonds. The van der Waals surface area contributed by atoms with Gasteiger partial charge in [-0.1, -0.05) is 51.5 Å². The predicted molar refractivity (Wildman–Crippen MR) is 181 cm³/mol. The zero-order valence-corrected chi connectivity index (χ0v) is 31.1. The average molecular weight is 784 g/mol. The van der Waals surface area contributed by atoms with Crippen LogP contribution in [0.4, 0.5) is 22.0 Å². The lowest BCUT2D eigenvalue weighted by molar-refractivity contribution is -0.775. The van der Waals surface area contributed by atoms with Crippen molar-refractivity contribution in [3.63, 3.8) is 0 Å². The van der Waals surface area contributed by atoms with Gasteiger partial charge in [-0.15, -0.1) is 10.1 Å². The largest absolute Gasteiger partial charge is 0.462 e. The first-order valence-electron chi connectivity index (χ1n) is 18.3. The molecule has 0 saturated heterocycles. The Bertz CT molecular complexity index is 1590. The highest BCUT2D eigenvalue weighted by atomic mass is 32.2. The highest BCUT2D eigenvalue weighted by Gasteiger charge is 2.67. The Kier molecular flexibility index (Phi) is 13.5. The van der Waals surface area contributed by atoms with Crippen LogP contribution in [-0.2, 0) is 41.0 Å². The number of unbranched alkanes of at least 4 members (excludes halogenated alkanes) is 6. The number of benzene rings is 1. The summed E-state index contributed by atoms with van der Waals surface area (Å²) in [7, 11) is -3.76.